The molecule has 2 amide bonds. The van der Waals surface area contributed by atoms with Crippen molar-refractivity contribution in [2.45, 2.75) is 75.8 Å². The lowest BCUT2D eigenvalue weighted by Gasteiger charge is -2.57. The smallest absolute Gasteiger partial charge is 0.318 e. The van der Waals surface area contributed by atoms with Gasteiger partial charge in [0.15, 0.2) is 5.05 Å². The predicted octanol–water partition coefficient (Wildman–Crippen LogP) is 5.11. The van der Waals surface area contributed by atoms with E-state index in [1.165, 1.54) is 44.1 Å². The minimum atomic E-state index is -0.0503. The maximum Gasteiger partial charge on any atom is 0.318 e. The van der Waals surface area contributed by atoms with Crippen LogP contribution in [0.4, 0.5) is 4.79 Å². The molecule has 30 heavy (non-hydrogen) atoms. The second-order valence-electron chi connectivity index (χ2n) is 10.2. The second-order valence-corrected chi connectivity index (χ2v) is 10.6. The van der Waals surface area contributed by atoms with E-state index >= 15 is 0 Å². The van der Waals surface area contributed by atoms with Crippen LogP contribution in [0.5, 0.6) is 0 Å². The van der Waals surface area contributed by atoms with Gasteiger partial charge in [-0.1, -0.05) is 30.3 Å². The molecular formula is C25H34N2O2S. The normalized spacial score (nSPS) is 34.2. The molecule has 0 radical (unpaired) electrons. The Morgan fingerprint density at radius 2 is 1.77 bits per heavy atom. The summed E-state index contributed by atoms with van der Waals surface area (Å²) in [5, 5.41) is 4.11. The third-order valence-corrected chi connectivity index (χ3v) is 8.28. The lowest BCUT2D eigenvalue weighted by molar-refractivity contribution is -0.0156. The molecule has 1 aromatic rings. The Morgan fingerprint density at radius 3 is 2.43 bits per heavy atom. The van der Waals surface area contributed by atoms with E-state index in [9.17, 15) is 4.79 Å². The van der Waals surface area contributed by atoms with E-state index in [-0.39, 0.29) is 17.6 Å². The number of carbonyl (C=O) groups is 1. The SMILES string of the molecule is O=C(NC12CC3CC(CC(C3)C1)C2)N1CCC[C@H]1C(=S)OCCCc1ccccc1. The first-order valence-corrected chi connectivity index (χ1v) is 12.3. The molecule has 4 aliphatic carbocycles. The number of nitrogens with zero attached hydrogens (tertiary/aromatic N) is 1. The number of ether oxygens (including phenoxy) is 1. The van der Waals surface area contributed by atoms with Gasteiger partial charge in [0.1, 0.15) is 6.04 Å². The summed E-state index contributed by atoms with van der Waals surface area (Å²) in [7, 11) is 0. The highest BCUT2D eigenvalue weighted by Crippen LogP contribution is 2.55. The van der Waals surface area contributed by atoms with Crippen molar-refractivity contribution in [3.05, 3.63) is 35.9 Å². The fourth-order valence-electron chi connectivity index (χ4n) is 7.01. The van der Waals surface area contributed by atoms with E-state index in [1.807, 2.05) is 11.0 Å². The zero-order valence-electron chi connectivity index (χ0n) is 17.9. The molecule has 4 bridgehead atoms. The van der Waals surface area contributed by atoms with E-state index in [1.54, 1.807) is 0 Å². The molecule has 0 unspecified atom stereocenters. The standard InChI is InChI=1S/C25H34N2O2S/c28-24(26-25-15-19-12-20(16-25)14-21(13-19)17-25)27-10-4-9-22(27)23(30)29-11-5-8-18-6-2-1-3-7-18/h1-3,6-7,19-22H,4-5,8-17H2,(H,26,28)/t19?,20?,21?,22-,25?/m0/s1. The molecule has 5 heteroatoms. The third-order valence-electron chi connectivity index (χ3n) is 7.89. The van der Waals surface area contributed by atoms with Crippen LogP contribution in [0.1, 0.15) is 63.4 Å². The maximum atomic E-state index is 13.3. The van der Waals surface area contributed by atoms with Crippen molar-refractivity contribution in [1.82, 2.24) is 10.2 Å². The average Bonchev–Trinajstić information content (AvgIpc) is 3.21. The van der Waals surface area contributed by atoms with Gasteiger partial charge in [0.2, 0.25) is 0 Å². The lowest BCUT2D eigenvalue weighted by Crippen LogP contribution is -2.62. The first-order chi connectivity index (χ1) is 14.6. The minimum Gasteiger partial charge on any atom is -0.485 e. The molecule has 6 rings (SSSR count). The topological polar surface area (TPSA) is 41.6 Å². The van der Waals surface area contributed by atoms with Crippen LogP contribution < -0.4 is 5.32 Å². The number of hydrogen-bond donors (Lipinski definition) is 1. The Morgan fingerprint density at radius 1 is 1.10 bits per heavy atom. The van der Waals surface area contributed by atoms with E-state index < -0.39 is 0 Å². The van der Waals surface area contributed by atoms with Crippen molar-refractivity contribution in [3.63, 3.8) is 0 Å². The molecular weight excluding hydrogens is 392 g/mol. The van der Waals surface area contributed by atoms with E-state index in [2.05, 4.69) is 29.6 Å². The van der Waals surface area contributed by atoms with Crippen LogP contribution in [0, 0.1) is 17.8 Å². The molecule has 1 heterocycles. The summed E-state index contributed by atoms with van der Waals surface area (Å²) < 4.78 is 5.93. The number of likely N-dealkylation sites (tertiary alicyclic amines) is 1. The van der Waals surface area contributed by atoms with Crippen LogP contribution in [0.15, 0.2) is 30.3 Å². The summed E-state index contributed by atoms with van der Waals surface area (Å²) in [6.07, 6.45) is 11.6. The molecule has 4 nitrogen and oxygen atoms in total. The van der Waals surface area contributed by atoms with Crippen LogP contribution in [-0.2, 0) is 11.2 Å². The van der Waals surface area contributed by atoms with Gasteiger partial charge in [-0.3, -0.25) is 0 Å². The molecule has 0 aromatic heterocycles. The summed E-state index contributed by atoms with van der Waals surface area (Å²) >= 11 is 5.61. The van der Waals surface area contributed by atoms with Gasteiger partial charge in [-0.2, -0.15) is 0 Å². The Balaban J connectivity index is 1.13. The molecule has 4 saturated carbocycles. The first-order valence-electron chi connectivity index (χ1n) is 11.9. The van der Waals surface area contributed by atoms with Crippen LogP contribution in [-0.4, -0.2) is 40.7 Å². The van der Waals surface area contributed by atoms with Gasteiger partial charge in [-0.15, -0.1) is 0 Å². The van der Waals surface area contributed by atoms with E-state index in [0.29, 0.717) is 11.7 Å². The molecule has 1 aromatic carbocycles. The van der Waals surface area contributed by atoms with E-state index in [4.69, 9.17) is 17.0 Å². The zero-order valence-corrected chi connectivity index (χ0v) is 18.7. The Hall–Kier alpha value is -1.62. The van der Waals surface area contributed by atoms with Crippen LogP contribution in [0.25, 0.3) is 0 Å². The Kier molecular flexibility index (Phi) is 5.74. The molecule has 162 valence electrons. The minimum absolute atomic E-state index is 0.0503. The van der Waals surface area contributed by atoms with Crippen LogP contribution in [0.2, 0.25) is 0 Å². The molecule has 1 saturated heterocycles. The average molecular weight is 427 g/mol. The van der Waals surface area contributed by atoms with Crippen molar-refractivity contribution in [1.29, 1.82) is 0 Å². The largest absolute Gasteiger partial charge is 0.485 e. The highest BCUT2D eigenvalue weighted by Gasteiger charge is 2.52. The molecule has 5 aliphatic rings. The van der Waals surface area contributed by atoms with Gasteiger partial charge >= 0.3 is 6.03 Å². The van der Waals surface area contributed by atoms with Crippen molar-refractivity contribution < 1.29 is 9.53 Å². The fraction of sp³-hybridized carbons (Fsp3) is 0.680. The summed E-state index contributed by atoms with van der Waals surface area (Å²) in [6, 6.07) is 10.5. The van der Waals surface area contributed by atoms with Crippen molar-refractivity contribution >= 4 is 23.3 Å². The fourth-order valence-corrected chi connectivity index (χ4v) is 7.34. The summed E-state index contributed by atoms with van der Waals surface area (Å²) in [6.45, 7) is 1.41. The van der Waals surface area contributed by atoms with Crippen molar-refractivity contribution in [3.8, 4) is 0 Å². The van der Waals surface area contributed by atoms with Crippen molar-refractivity contribution in [2.75, 3.05) is 13.2 Å². The number of thiocarbonyl (C=S) groups is 1. The van der Waals surface area contributed by atoms with Crippen LogP contribution >= 0.6 is 12.2 Å². The molecule has 1 atom stereocenters. The maximum absolute atomic E-state index is 13.3. The summed E-state index contributed by atoms with van der Waals surface area (Å²) in [4.78, 5) is 15.2. The first kappa shape index (κ1) is 20.3. The van der Waals surface area contributed by atoms with Gasteiger partial charge < -0.3 is 15.0 Å². The molecule has 1 N–H and O–H groups in total. The monoisotopic (exact) mass is 426 g/mol. The van der Waals surface area contributed by atoms with Gasteiger partial charge in [0.25, 0.3) is 0 Å². The molecule has 0 spiro atoms. The zero-order chi connectivity index (χ0) is 20.6. The van der Waals surface area contributed by atoms with Gasteiger partial charge in [-0.25, -0.2) is 4.79 Å². The number of rotatable bonds is 6. The highest BCUT2D eigenvalue weighted by molar-refractivity contribution is 7.80. The highest BCUT2D eigenvalue weighted by atomic mass is 32.1. The Bertz CT molecular complexity index is 745. The number of hydrogen-bond acceptors (Lipinski definition) is 3. The quantitative estimate of drug-likeness (QED) is 0.508. The van der Waals surface area contributed by atoms with Gasteiger partial charge in [0.05, 0.1) is 6.61 Å². The third kappa shape index (κ3) is 4.23. The number of urea groups is 1. The molecule has 1 aliphatic heterocycles. The number of carbonyl (C=O) groups excluding carboxylic acids is 1. The van der Waals surface area contributed by atoms with Gasteiger partial charge in [-0.05, 0) is 99.7 Å². The summed E-state index contributed by atoms with van der Waals surface area (Å²) in [5.74, 6) is 2.50. The predicted molar refractivity (Wildman–Crippen MR) is 122 cm³/mol. The number of aryl methyl sites for hydroxylation is 1. The molecule has 5 fully saturated rings. The Labute approximate surface area is 185 Å². The van der Waals surface area contributed by atoms with E-state index in [0.717, 1.165) is 50.0 Å². The number of nitrogens with one attached hydrogen (secondary N) is 1. The summed E-state index contributed by atoms with van der Waals surface area (Å²) in [5.41, 5.74) is 1.38. The van der Waals surface area contributed by atoms with Crippen LogP contribution in [0.3, 0.4) is 0 Å². The number of benzene rings is 1. The lowest BCUT2D eigenvalue weighted by atomic mass is 9.53. The second kappa shape index (κ2) is 8.49. The van der Waals surface area contributed by atoms with Crippen molar-refractivity contribution in [2.24, 2.45) is 17.8 Å². The van der Waals surface area contributed by atoms with Gasteiger partial charge in [0, 0.05) is 12.1 Å². The number of amides is 2.